The van der Waals surface area contributed by atoms with Gasteiger partial charge in [0.2, 0.25) is 5.91 Å². The van der Waals surface area contributed by atoms with Crippen molar-refractivity contribution in [2.45, 2.75) is 51.4 Å². The minimum Gasteiger partial charge on any atom is -0.508 e. The summed E-state index contributed by atoms with van der Waals surface area (Å²) >= 11 is 0. The predicted octanol–water partition coefficient (Wildman–Crippen LogP) is 3.32. The summed E-state index contributed by atoms with van der Waals surface area (Å²) in [7, 11) is 0. The third-order valence-electron chi connectivity index (χ3n) is 6.21. The molecule has 4 rings (SSSR count). The first-order valence-electron chi connectivity index (χ1n) is 11.4. The number of nitrogens with zero attached hydrogens (tertiary/aromatic N) is 1. The van der Waals surface area contributed by atoms with Crippen molar-refractivity contribution in [2.75, 3.05) is 19.8 Å². The van der Waals surface area contributed by atoms with Crippen molar-refractivity contribution in [2.24, 2.45) is 5.92 Å². The number of hydrazine groups is 1. The van der Waals surface area contributed by atoms with Crippen molar-refractivity contribution >= 4 is 5.91 Å². The predicted molar refractivity (Wildman–Crippen MR) is 122 cm³/mol. The molecule has 2 aliphatic rings. The Morgan fingerprint density at radius 1 is 1.06 bits per heavy atom. The van der Waals surface area contributed by atoms with Crippen LogP contribution in [0.15, 0.2) is 48.5 Å². The molecule has 2 heterocycles. The molecule has 0 bridgehead atoms. The quantitative estimate of drug-likeness (QED) is 0.520. The zero-order chi connectivity index (χ0) is 22.7. The minimum absolute atomic E-state index is 0.0697. The molecule has 7 heteroatoms. The molecule has 4 unspecified atom stereocenters. The molecule has 0 radical (unpaired) electrons. The van der Waals surface area contributed by atoms with Gasteiger partial charge >= 0.3 is 0 Å². The SMILES string of the molecule is CCOc1ccc(C2C3C(NNC3c3ccccc3O)C(=O)N2CCCOC(C)C)cc1. The van der Waals surface area contributed by atoms with Crippen LogP contribution in [0.1, 0.15) is 50.4 Å². The number of para-hydroxylation sites is 1. The molecule has 3 N–H and O–H groups in total. The van der Waals surface area contributed by atoms with Crippen molar-refractivity contribution < 1.29 is 19.4 Å². The van der Waals surface area contributed by atoms with Crippen LogP contribution in [-0.2, 0) is 9.53 Å². The Bertz CT molecular complexity index is 918. The minimum atomic E-state index is -0.359. The van der Waals surface area contributed by atoms with Gasteiger partial charge in [-0.2, -0.15) is 0 Å². The molecular formula is C25H33N3O4. The smallest absolute Gasteiger partial charge is 0.242 e. The van der Waals surface area contributed by atoms with E-state index in [9.17, 15) is 9.90 Å². The number of amides is 1. The molecule has 1 amide bonds. The van der Waals surface area contributed by atoms with E-state index in [0.717, 1.165) is 23.3 Å². The van der Waals surface area contributed by atoms with Crippen LogP contribution < -0.4 is 15.6 Å². The van der Waals surface area contributed by atoms with E-state index in [1.165, 1.54) is 0 Å². The van der Waals surface area contributed by atoms with E-state index in [-0.39, 0.29) is 41.8 Å². The van der Waals surface area contributed by atoms with Crippen LogP contribution >= 0.6 is 0 Å². The second-order valence-corrected chi connectivity index (χ2v) is 8.63. The van der Waals surface area contributed by atoms with Crippen molar-refractivity contribution in [1.82, 2.24) is 15.8 Å². The first-order chi connectivity index (χ1) is 15.5. The highest BCUT2D eigenvalue weighted by molar-refractivity contribution is 5.86. The summed E-state index contributed by atoms with van der Waals surface area (Å²) in [6, 6.07) is 14.6. The van der Waals surface area contributed by atoms with E-state index in [4.69, 9.17) is 9.47 Å². The monoisotopic (exact) mass is 439 g/mol. The van der Waals surface area contributed by atoms with Gasteiger partial charge in [0.25, 0.3) is 0 Å². The zero-order valence-electron chi connectivity index (χ0n) is 19.0. The van der Waals surface area contributed by atoms with Crippen LogP contribution in [0.3, 0.4) is 0 Å². The highest BCUT2D eigenvalue weighted by Crippen LogP contribution is 2.48. The Kier molecular flexibility index (Phi) is 6.98. The maximum atomic E-state index is 13.4. The molecule has 0 saturated carbocycles. The molecule has 32 heavy (non-hydrogen) atoms. The fourth-order valence-electron chi connectivity index (χ4n) is 4.85. The van der Waals surface area contributed by atoms with Crippen LogP contribution in [0.4, 0.5) is 0 Å². The number of hydrogen-bond acceptors (Lipinski definition) is 6. The fourth-order valence-corrected chi connectivity index (χ4v) is 4.85. The maximum Gasteiger partial charge on any atom is 0.242 e. The molecule has 2 fully saturated rings. The molecular weight excluding hydrogens is 406 g/mol. The lowest BCUT2D eigenvalue weighted by Gasteiger charge is -2.31. The third-order valence-corrected chi connectivity index (χ3v) is 6.21. The molecule has 172 valence electrons. The summed E-state index contributed by atoms with van der Waals surface area (Å²) in [5.41, 5.74) is 8.33. The standard InChI is InChI=1S/C25H33N3O4/c1-4-31-18-12-10-17(11-13-18)24-21-22(19-8-5-6-9-20(19)29)26-27-23(21)25(30)28(24)14-7-15-32-16(2)3/h5-6,8-13,16,21-24,26-27,29H,4,7,14-15H2,1-3H3. The van der Waals surface area contributed by atoms with Crippen molar-refractivity contribution in [3.05, 3.63) is 59.7 Å². The number of likely N-dealkylation sites (tertiary alicyclic amines) is 1. The Morgan fingerprint density at radius 3 is 2.47 bits per heavy atom. The van der Waals surface area contributed by atoms with E-state index in [1.807, 2.05) is 68.1 Å². The van der Waals surface area contributed by atoms with Crippen LogP contribution in [-0.4, -0.2) is 47.8 Å². The molecule has 0 aliphatic carbocycles. The average molecular weight is 440 g/mol. The number of hydrogen-bond donors (Lipinski definition) is 3. The number of nitrogens with one attached hydrogen (secondary N) is 2. The summed E-state index contributed by atoms with van der Waals surface area (Å²) in [6.45, 7) is 7.83. The Balaban J connectivity index is 1.65. The molecule has 0 spiro atoms. The van der Waals surface area contributed by atoms with Crippen LogP contribution in [0.2, 0.25) is 0 Å². The van der Waals surface area contributed by atoms with Crippen LogP contribution in [0.5, 0.6) is 11.5 Å². The van der Waals surface area contributed by atoms with E-state index >= 15 is 0 Å². The number of aromatic hydroxyl groups is 1. The number of ether oxygens (including phenoxy) is 2. The van der Waals surface area contributed by atoms with Gasteiger partial charge in [-0.3, -0.25) is 4.79 Å². The van der Waals surface area contributed by atoms with Gasteiger partial charge in [-0.15, -0.1) is 0 Å². The van der Waals surface area contributed by atoms with Crippen LogP contribution in [0, 0.1) is 5.92 Å². The second-order valence-electron chi connectivity index (χ2n) is 8.63. The average Bonchev–Trinajstić information content (AvgIpc) is 3.31. The molecule has 2 aromatic rings. The number of carbonyl (C=O) groups is 1. The molecule has 4 atom stereocenters. The largest absolute Gasteiger partial charge is 0.508 e. The van der Waals surface area contributed by atoms with E-state index in [2.05, 4.69) is 10.9 Å². The number of rotatable bonds is 9. The summed E-state index contributed by atoms with van der Waals surface area (Å²) < 4.78 is 11.3. The van der Waals surface area contributed by atoms with Gasteiger partial charge < -0.3 is 19.5 Å². The van der Waals surface area contributed by atoms with E-state index in [1.54, 1.807) is 6.07 Å². The van der Waals surface area contributed by atoms with E-state index in [0.29, 0.717) is 19.8 Å². The van der Waals surface area contributed by atoms with E-state index < -0.39 is 0 Å². The number of fused-ring (bicyclic) bond motifs is 1. The number of benzene rings is 2. The zero-order valence-corrected chi connectivity index (χ0v) is 19.0. The highest BCUT2D eigenvalue weighted by atomic mass is 16.5. The first-order valence-corrected chi connectivity index (χ1v) is 11.4. The molecule has 2 aliphatic heterocycles. The summed E-state index contributed by atoms with van der Waals surface area (Å²) in [5.74, 6) is 1.05. The first kappa shape index (κ1) is 22.6. The Morgan fingerprint density at radius 2 is 1.78 bits per heavy atom. The normalized spacial score (nSPS) is 24.9. The van der Waals surface area contributed by atoms with Gasteiger partial charge in [0.1, 0.15) is 17.5 Å². The fraction of sp³-hybridized carbons (Fsp3) is 0.480. The van der Waals surface area contributed by atoms with Crippen molar-refractivity contribution in [3.8, 4) is 11.5 Å². The Hall–Kier alpha value is -2.61. The van der Waals surface area contributed by atoms with Gasteiger partial charge in [-0.25, -0.2) is 10.9 Å². The summed E-state index contributed by atoms with van der Waals surface area (Å²) in [6.07, 6.45) is 0.938. The second kappa shape index (κ2) is 9.90. The number of phenols is 1. The van der Waals surface area contributed by atoms with Gasteiger partial charge in [0.15, 0.2) is 0 Å². The lowest BCUT2D eigenvalue weighted by Crippen LogP contribution is -2.41. The third kappa shape index (κ3) is 4.46. The molecule has 7 nitrogen and oxygen atoms in total. The number of phenolic OH excluding ortho intramolecular Hbond substituents is 1. The Labute approximate surface area is 189 Å². The lowest BCUT2D eigenvalue weighted by molar-refractivity contribution is -0.131. The van der Waals surface area contributed by atoms with Crippen molar-refractivity contribution in [1.29, 1.82) is 0 Å². The maximum absolute atomic E-state index is 13.4. The lowest BCUT2D eigenvalue weighted by atomic mass is 9.83. The number of carbonyl (C=O) groups excluding carboxylic acids is 1. The molecule has 0 aromatic heterocycles. The summed E-state index contributed by atoms with van der Waals surface area (Å²) in [5, 5.41) is 10.5. The van der Waals surface area contributed by atoms with Gasteiger partial charge in [0.05, 0.1) is 24.8 Å². The molecule has 2 saturated heterocycles. The van der Waals surface area contributed by atoms with Gasteiger partial charge in [-0.1, -0.05) is 30.3 Å². The highest BCUT2D eigenvalue weighted by Gasteiger charge is 2.55. The molecule has 2 aromatic carbocycles. The topological polar surface area (TPSA) is 83.1 Å². The van der Waals surface area contributed by atoms with Gasteiger partial charge in [0, 0.05) is 24.6 Å². The summed E-state index contributed by atoms with van der Waals surface area (Å²) in [4.78, 5) is 15.4. The van der Waals surface area contributed by atoms with Crippen molar-refractivity contribution in [3.63, 3.8) is 0 Å². The van der Waals surface area contributed by atoms with Gasteiger partial charge in [-0.05, 0) is 51.0 Å². The van der Waals surface area contributed by atoms with Crippen LogP contribution in [0.25, 0.3) is 0 Å².